The van der Waals surface area contributed by atoms with Gasteiger partial charge in [0.15, 0.2) is 0 Å². The fourth-order valence-corrected chi connectivity index (χ4v) is 5.48. The Kier molecular flexibility index (Phi) is 6.31. The minimum atomic E-state index is 0.292. The SMILES string of the molecule is Clc1cc(C=Nc2ccc([C@@H]3Nc4ccccc4[C@@H]4C=CC[C@@H]43)cc2)ccc1OCc1ccccc1. The molecule has 0 bridgehead atoms. The van der Waals surface area contributed by atoms with Crippen molar-refractivity contribution < 1.29 is 4.74 Å². The molecule has 0 unspecified atom stereocenters. The van der Waals surface area contributed by atoms with Crippen molar-refractivity contribution in [3.63, 3.8) is 0 Å². The van der Waals surface area contributed by atoms with E-state index in [-0.39, 0.29) is 0 Å². The van der Waals surface area contributed by atoms with Crippen LogP contribution in [0.25, 0.3) is 0 Å². The van der Waals surface area contributed by atoms with Gasteiger partial charge in [-0.25, -0.2) is 0 Å². The number of nitrogens with one attached hydrogen (secondary N) is 1. The molecule has 0 aromatic heterocycles. The first kappa shape index (κ1) is 22.6. The van der Waals surface area contributed by atoms with Crippen LogP contribution in [0.1, 0.15) is 40.6 Å². The first-order chi connectivity index (χ1) is 17.7. The maximum atomic E-state index is 6.47. The van der Waals surface area contributed by atoms with E-state index in [1.165, 1.54) is 16.8 Å². The summed E-state index contributed by atoms with van der Waals surface area (Å²) >= 11 is 6.47. The van der Waals surface area contributed by atoms with Crippen LogP contribution < -0.4 is 10.1 Å². The van der Waals surface area contributed by atoms with E-state index in [1.807, 2.05) is 54.7 Å². The van der Waals surface area contributed by atoms with E-state index in [0.717, 1.165) is 23.2 Å². The second-order valence-electron chi connectivity index (χ2n) is 9.38. The molecule has 3 atom stereocenters. The van der Waals surface area contributed by atoms with Crippen molar-refractivity contribution in [2.75, 3.05) is 5.32 Å². The van der Waals surface area contributed by atoms with E-state index in [0.29, 0.717) is 35.3 Å². The van der Waals surface area contributed by atoms with Crippen molar-refractivity contribution in [1.82, 2.24) is 0 Å². The smallest absolute Gasteiger partial charge is 0.138 e. The van der Waals surface area contributed by atoms with Crippen molar-refractivity contribution >= 4 is 29.2 Å². The fourth-order valence-electron chi connectivity index (χ4n) is 5.24. The summed E-state index contributed by atoms with van der Waals surface area (Å²) in [5.74, 6) is 1.69. The number of para-hydroxylation sites is 1. The standard InChI is InChI=1S/C32H27ClN2O/c33-29-19-23(13-18-31(29)36-21-22-7-2-1-3-8-22)20-34-25-16-14-24(15-17-25)32-28-11-6-10-26(28)27-9-4-5-12-30(27)35-32/h1-10,12-20,26,28,32,35H,11,21H2/t26-,28-,32-/m0/s1. The van der Waals surface area contributed by atoms with Crippen LogP contribution in [0.15, 0.2) is 114 Å². The molecule has 1 aliphatic carbocycles. The van der Waals surface area contributed by atoms with Gasteiger partial charge in [0.25, 0.3) is 0 Å². The third kappa shape index (κ3) is 4.67. The maximum absolute atomic E-state index is 6.47. The number of halogens is 1. The molecular formula is C32H27ClN2O. The van der Waals surface area contributed by atoms with E-state index < -0.39 is 0 Å². The Hall–Kier alpha value is -3.82. The Morgan fingerprint density at radius 2 is 1.72 bits per heavy atom. The lowest BCUT2D eigenvalue weighted by Crippen LogP contribution is -2.28. The van der Waals surface area contributed by atoms with Crippen LogP contribution in [0.5, 0.6) is 5.75 Å². The zero-order valence-electron chi connectivity index (χ0n) is 19.8. The van der Waals surface area contributed by atoms with Gasteiger partial charge in [-0.15, -0.1) is 0 Å². The molecule has 1 heterocycles. The van der Waals surface area contributed by atoms with Gasteiger partial charge in [0, 0.05) is 17.8 Å². The molecule has 1 N–H and O–H groups in total. The van der Waals surface area contributed by atoms with Crippen LogP contribution in [0.2, 0.25) is 5.02 Å². The summed E-state index contributed by atoms with van der Waals surface area (Å²) in [6, 6.07) is 33.3. The number of anilines is 1. The third-order valence-electron chi connectivity index (χ3n) is 7.08. The molecule has 0 fully saturated rings. The Morgan fingerprint density at radius 1 is 0.917 bits per heavy atom. The quantitative estimate of drug-likeness (QED) is 0.217. The lowest BCUT2D eigenvalue weighted by molar-refractivity contribution is 0.306. The van der Waals surface area contributed by atoms with Gasteiger partial charge in [-0.3, -0.25) is 4.99 Å². The highest BCUT2D eigenvalue weighted by atomic mass is 35.5. The number of benzene rings is 4. The van der Waals surface area contributed by atoms with Crippen molar-refractivity contribution in [1.29, 1.82) is 0 Å². The number of hydrogen-bond acceptors (Lipinski definition) is 3. The molecule has 0 amide bonds. The van der Waals surface area contributed by atoms with Crippen molar-refractivity contribution in [3.8, 4) is 5.75 Å². The molecule has 4 heteroatoms. The lowest BCUT2D eigenvalue weighted by Gasteiger charge is -2.37. The molecule has 178 valence electrons. The average Bonchev–Trinajstić information content (AvgIpc) is 3.42. The maximum Gasteiger partial charge on any atom is 0.138 e. The highest BCUT2D eigenvalue weighted by molar-refractivity contribution is 6.32. The minimum Gasteiger partial charge on any atom is -0.487 e. The van der Waals surface area contributed by atoms with E-state index in [2.05, 4.69) is 71.0 Å². The largest absolute Gasteiger partial charge is 0.487 e. The predicted octanol–water partition coefficient (Wildman–Crippen LogP) is 8.50. The predicted molar refractivity (Wildman–Crippen MR) is 149 cm³/mol. The number of ether oxygens (including phenoxy) is 1. The summed E-state index contributed by atoms with van der Waals surface area (Å²) in [6.07, 6.45) is 7.64. The summed E-state index contributed by atoms with van der Waals surface area (Å²) in [4.78, 5) is 4.67. The van der Waals surface area contributed by atoms with Gasteiger partial charge in [0.05, 0.1) is 16.8 Å². The number of aliphatic imine (C=N–C) groups is 1. The van der Waals surface area contributed by atoms with E-state index >= 15 is 0 Å². The van der Waals surface area contributed by atoms with Crippen LogP contribution in [-0.4, -0.2) is 6.21 Å². The van der Waals surface area contributed by atoms with Crippen LogP contribution in [0.3, 0.4) is 0 Å². The van der Waals surface area contributed by atoms with Crippen molar-refractivity contribution in [2.45, 2.75) is 25.0 Å². The first-order valence-corrected chi connectivity index (χ1v) is 12.7. The summed E-state index contributed by atoms with van der Waals surface area (Å²) in [5.41, 5.74) is 6.90. The monoisotopic (exact) mass is 490 g/mol. The summed E-state index contributed by atoms with van der Waals surface area (Å²) in [5, 5.41) is 4.37. The molecule has 1 aliphatic heterocycles. The average molecular weight is 491 g/mol. The molecule has 6 rings (SSSR count). The van der Waals surface area contributed by atoms with E-state index in [9.17, 15) is 0 Å². The van der Waals surface area contributed by atoms with E-state index in [1.54, 1.807) is 0 Å². The zero-order valence-corrected chi connectivity index (χ0v) is 20.6. The summed E-state index contributed by atoms with van der Waals surface area (Å²) < 4.78 is 5.88. The second kappa shape index (κ2) is 10.0. The molecule has 36 heavy (non-hydrogen) atoms. The van der Waals surface area contributed by atoms with Gasteiger partial charge in [-0.1, -0.05) is 84.4 Å². The summed E-state index contributed by atoms with van der Waals surface area (Å²) in [7, 11) is 0. The van der Waals surface area contributed by atoms with Crippen molar-refractivity contribution in [2.24, 2.45) is 10.9 Å². The normalized spacial score (nSPS) is 20.1. The molecule has 0 saturated carbocycles. The first-order valence-electron chi connectivity index (χ1n) is 12.4. The van der Waals surface area contributed by atoms with Gasteiger partial charge in [0.2, 0.25) is 0 Å². The number of hydrogen-bond donors (Lipinski definition) is 1. The Balaban J connectivity index is 1.13. The van der Waals surface area contributed by atoms with E-state index in [4.69, 9.17) is 16.3 Å². The highest BCUT2D eigenvalue weighted by Gasteiger charge is 2.37. The number of fused-ring (bicyclic) bond motifs is 3. The molecule has 4 aromatic rings. The van der Waals surface area contributed by atoms with Crippen LogP contribution in [0.4, 0.5) is 11.4 Å². The Labute approximate surface area is 217 Å². The topological polar surface area (TPSA) is 33.6 Å². The highest BCUT2D eigenvalue weighted by Crippen LogP contribution is 2.49. The molecule has 3 nitrogen and oxygen atoms in total. The second-order valence-corrected chi connectivity index (χ2v) is 9.78. The Bertz CT molecular complexity index is 1410. The molecule has 2 aliphatic rings. The van der Waals surface area contributed by atoms with Crippen molar-refractivity contribution in [3.05, 3.63) is 136 Å². The third-order valence-corrected chi connectivity index (χ3v) is 7.38. The van der Waals surface area contributed by atoms with Gasteiger partial charge in [0.1, 0.15) is 12.4 Å². The minimum absolute atomic E-state index is 0.292. The molecule has 0 saturated heterocycles. The summed E-state index contributed by atoms with van der Waals surface area (Å²) in [6.45, 7) is 0.486. The number of nitrogens with zero attached hydrogens (tertiary/aromatic N) is 1. The fraction of sp³-hybridized carbons (Fsp3) is 0.156. The Morgan fingerprint density at radius 3 is 2.56 bits per heavy atom. The van der Waals surface area contributed by atoms with Crippen LogP contribution >= 0.6 is 11.6 Å². The van der Waals surface area contributed by atoms with Gasteiger partial charge in [-0.05, 0) is 71.0 Å². The van der Waals surface area contributed by atoms with Gasteiger partial charge in [-0.2, -0.15) is 0 Å². The molecular weight excluding hydrogens is 464 g/mol. The molecule has 0 spiro atoms. The van der Waals surface area contributed by atoms with Crippen LogP contribution in [-0.2, 0) is 6.61 Å². The van der Waals surface area contributed by atoms with Gasteiger partial charge < -0.3 is 10.1 Å². The lowest BCUT2D eigenvalue weighted by atomic mass is 9.77. The molecule has 4 aromatic carbocycles. The van der Waals surface area contributed by atoms with Gasteiger partial charge >= 0.3 is 0 Å². The number of rotatable bonds is 6. The molecule has 0 radical (unpaired) electrons. The zero-order chi connectivity index (χ0) is 24.3. The number of allylic oxidation sites excluding steroid dienone is 2. The van der Waals surface area contributed by atoms with Crippen LogP contribution in [0, 0.1) is 5.92 Å².